The minimum atomic E-state index is 0.931. The maximum Gasteiger partial charge on any atom is 0.129 e. The second-order valence-corrected chi connectivity index (χ2v) is 8.87. The third kappa shape index (κ3) is 2.70. The van der Waals surface area contributed by atoms with Gasteiger partial charge in [-0.1, -0.05) is 0 Å². The fourth-order valence-electron chi connectivity index (χ4n) is 6.56. The predicted octanol–water partition coefficient (Wildman–Crippen LogP) is 2.03. The first-order valence-electron chi connectivity index (χ1n) is 10.1. The van der Waals surface area contributed by atoms with Gasteiger partial charge >= 0.3 is 0 Å². The molecule has 0 radical (unpaired) electrons. The van der Waals surface area contributed by atoms with Crippen molar-refractivity contribution in [2.75, 3.05) is 32.7 Å². The van der Waals surface area contributed by atoms with Crippen LogP contribution in [0.25, 0.3) is 0 Å². The number of hydrogen-bond acceptors (Lipinski definition) is 4. The van der Waals surface area contributed by atoms with Gasteiger partial charge in [-0.15, -0.1) is 10.2 Å². The standard InChI is InChI=1S/C19H31N5/c1-14-21-20-13-24(14)7-4-22-2-5-23(6-3-22)19-17-9-15-8-16(11-17)12-18(19)10-15/h13,15-19H,2-12H2,1H3. The van der Waals surface area contributed by atoms with Crippen LogP contribution in [0.2, 0.25) is 0 Å². The number of aryl methyl sites for hydroxylation is 1. The molecule has 0 atom stereocenters. The van der Waals surface area contributed by atoms with E-state index < -0.39 is 0 Å². The molecular weight excluding hydrogens is 298 g/mol. The van der Waals surface area contributed by atoms with Gasteiger partial charge in [0.15, 0.2) is 0 Å². The van der Waals surface area contributed by atoms with Gasteiger partial charge in [-0.05, 0) is 62.7 Å². The van der Waals surface area contributed by atoms with Crippen LogP contribution in [0.5, 0.6) is 0 Å². The van der Waals surface area contributed by atoms with Crippen molar-refractivity contribution in [1.29, 1.82) is 0 Å². The van der Waals surface area contributed by atoms with Crippen molar-refractivity contribution in [1.82, 2.24) is 24.6 Å². The Bertz CT molecular complexity index is 546. The highest BCUT2D eigenvalue weighted by atomic mass is 15.3. The van der Waals surface area contributed by atoms with Crippen LogP contribution in [0.3, 0.4) is 0 Å². The Morgan fingerprint density at radius 3 is 2.17 bits per heavy atom. The monoisotopic (exact) mass is 329 g/mol. The van der Waals surface area contributed by atoms with E-state index in [0.717, 1.165) is 48.6 Å². The second-order valence-electron chi connectivity index (χ2n) is 8.87. The summed E-state index contributed by atoms with van der Waals surface area (Å²) in [5.74, 6) is 5.29. The van der Waals surface area contributed by atoms with E-state index in [4.69, 9.17) is 0 Å². The molecule has 1 saturated heterocycles. The van der Waals surface area contributed by atoms with Crippen molar-refractivity contribution in [3.8, 4) is 0 Å². The lowest BCUT2D eigenvalue weighted by atomic mass is 9.54. The molecule has 5 heteroatoms. The largest absolute Gasteiger partial charge is 0.317 e. The van der Waals surface area contributed by atoms with Gasteiger partial charge in [-0.25, -0.2) is 0 Å². The van der Waals surface area contributed by atoms with Gasteiger partial charge in [-0.2, -0.15) is 0 Å². The number of rotatable bonds is 4. The highest BCUT2D eigenvalue weighted by Crippen LogP contribution is 2.55. The summed E-state index contributed by atoms with van der Waals surface area (Å²) in [5.41, 5.74) is 0. The normalized spacial score (nSPS) is 39.6. The van der Waals surface area contributed by atoms with Crippen LogP contribution >= 0.6 is 0 Å². The van der Waals surface area contributed by atoms with Crippen LogP contribution in [-0.4, -0.2) is 63.3 Å². The highest BCUT2D eigenvalue weighted by molar-refractivity contribution is 5.02. The summed E-state index contributed by atoms with van der Waals surface area (Å²) in [6.07, 6.45) is 9.61. The van der Waals surface area contributed by atoms with Crippen LogP contribution in [0.15, 0.2) is 6.33 Å². The Morgan fingerprint density at radius 2 is 1.58 bits per heavy atom. The molecule has 0 unspecified atom stereocenters. The average molecular weight is 329 g/mol. The van der Waals surface area contributed by atoms with Crippen LogP contribution < -0.4 is 0 Å². The molecule has 4 aliphatic carbocycles. The zero-order valence-electron chi connectivity index (χ0n) is 15.0. The van der Waals surface area contributed by atoms with E-state index in [1.165, 1.54) is 26.2 Å². The molecule has 5 aliphatic rings. The second kappa shape index (κ2) is 6.10. The zero-order chi connectivity index (χ0) is 16.1. The molecule has 1 aromatic rings. The minimum Gasteiger partial charge on any atom is -0.317 e. The summed E-state index contributed by atoms with van der Waals surface area (Å²) in [5, 5.41) is 8.07. The van der Waals surface area contributed by atoms with E-state index in [0.29, 0.717) is 0 Å². The summed E-state index contributed by atoms with van der Waals surface area (Å²) < 4.78 is 2.17. The van der Waals surface area contributed by atoms with E-state index in [2.05, 4.69) is 24.6 Å². The van der Waals surface area contributed by atoms with Gasteiger partial charge in [0.2, 0.25) is 0 Å². The van der Waals surface area contributed by atoms with E-state index in [9.17, 15) is 0 Å². The highest BCUT2D eigenvalue weighted by Gasteiger charge is 2.50. The average Bonchev–Trinajstić information content (AvgIpc) is 2.98. The molecule has 5 nitrogen and oxygen atoms in total. The molecule has 5 fully saturated rings. The van der Waals surface area contributed by atoms with Crippen LogP contribution in [-0.2, 0) is 6.54 Å². The van der Waals surface area contributed by atoms with E-state index >= 15 is 0 Å². The Kier molecular flexibility index (Phi) is 3.89. The first kappa shape index (κ1) is 15.3. The summed E-state index contributed by atoms with van der Waals surface area (Å²) in [6, 6.07) is 0.931. The van der Waals surface area contributed by atoms with Crippen molar-refractivity contribution in [2.45, 2.75) is 51.6 Å². The lowest BCUT2D eigenvalue weighted by Crippen LogP contribution is -2.60. The molecule has 1 aliphatic heterocycles. The minimum absolute atomic E-state index is 0.931. The van der Waals surface area contributed by atoms with Gasteiger partial charge in [-0.3, -0.25) is 9.80 Å². The summed E-state index contributed by atoms with van der Waals surface area (Å²) >= 11 is 0. The Hall–Kier alpha value is -0.940. The molecule has 1 aromatic heterocycles. The van der Waals surface area contributed by atoms with Gasteiger partial charge in [0, 0.05) is 45.3 Å². The number of nitrogens with zero attached hydrogens (tertiary/aromatic N) is 5. The quantitative estimate of drug-likeness (QED) is 0.847. The number of hydrogen-bond donors (Lipinski definition) is 0. The summed E-state index contributed by atoms with van der Waals surface area (Å²) in [6.45, 7) is 9.25. The fourth-order valence-corrected chi connectivity index (χ4v) is 6.56. The Morgan fingerprint density at radius 1 is 0.917 bits per heavy atom. The van der Waals surface area contributed by atoms with E-state index in [-0.39, 0.29) is 0 Å². The van der Waals surface area contributed by atoms with Crippen molar-refractivity contribution < 1.29 is 0 Å². The molecule has 0 aromatic carbocycles. The van der Waals surface area contributed by atoms with Gasteiger partial charge in [0.25, 0.3) is 0 Å². The van der Waals surface area contributed by atoms with Crippen molar-refractivity contribution in [2.24, 2.45) is 23.7 Å². The zero-order valence-corrected chi connectivity index (χ0v) is 15.0. The van der Waals surface area contributed by atoms with Crippen molar-refractivity contribution in [3.05, 3.63) is 12.2 Å². The lowest BCUT2D eigenvalue weighted by molar-refractivity contribution is -0.0765. The predicted molar refractivity (Wildman–Crippen MR) is 93.6 cm³/mol. The van der Waals surface area contributed by atoms with E-state index in [1.54, 1.807) is 32.1 Å². The van der Waals surface area contributed by atoms with Gasteiger partial charge in [0.05, 0.1) is 0 Å². The molecule has 132 valence electrons. The third-order valence-electron chi connectivity index (χ3n) is 7.47. The molecule has 0 amide bonds. The summed E-state index contributed by atoms with van der Waals surface area (Å²) in [7, 11) is 0. The SMILES string of the molecule is Cc1nncn1CCN1CCN(C2C3CC4CC(C3)CC2C4)CC1. The third-order valence-corrected chi connectivity index (χ3v) is 7.47. The lowest BCUT2D eigenvalue weighted by Gasteiger charge is -2.58. The number of aromatic nitrogens is 3. The Labute approximate surface area is 145 Å². The first-order valence-corrected chi connectivity index (χ1v) is 10.1. The fraction of sp³-hybridized carbons (Fsp3) is 0.895. The molecule has 4 saturated carbocycles. The molecule has 6 rings (SSSR count). The van der Waals surface area contributed by atoms with Gasteiger partial charge in [0.1, 0.15) is 12.2 Å². The molecule has 0 spiro atoms. The maximum atomic E-state index is 4.08. The molecule has 24 heavy (non-hydrogen) atoms. The topological polar surface area (TPSA) is 37.2 Å². The smallest absolute Gasteiger partial charge is 0.129 e. The maximum absolute atomic E-state index is 4.08. The van der Waals surface area contributed by atoms with Gasteiger partial charge < -0.3 is 4.57 Å². The first-order chi connectivity index (χ1) is 11.8. The van der Waals surface area contributed by atoms with Crippen LogP contribution in [0.1, 0.15) is 37.9 Å². The van der Waals surface area contributed by atoms with Crippen molar-refractivity contribution in [3.63, 3.8) is 0 Å². The summed E-state index contributed by atoms with van der Waals surface area (Å²) in [4.78, 5) is 5.51. The Balaban J connectivity index is 1.15. The van der Waals surface area contributed by atoms with Crippen molar-refractivity contribution >= 4 is 0 Å². The molecule has 4 bridgehead atoms. The molecular formula is C19H31N5. The van der Waals surface area contributed by atoms with Crippen LogP contribution in [0, 0.1) is 30.6 Å². The van der Waals surface area contributed by atoms with Crippen LogP contribution in [0.4, 0.5) is 0 Å². The molecule has 2 heterocycles. The molecule has 0 N–H and O–H groups in total. The number of piperazine rings is 1. The van der Waals surface area contributed by atoms with E-state index in [1.807, 2.05) is 13.3 Å².